The predicted molar refractivity (Wildman–Crippen MR) is 80.8 cm³/mol. The van der Waals surface area contributed by atoms with Gasteiger partial charge in [0.15, 0.2) is 0 Å². The number of rotatable bonds is 3. The van der Waals surface area contributed by atoms with Gasteiger partial charge >= 0.3 is 12.1 Å². The van der Waals surface area contributed by atoms with E-state index in [0.717, 1.165) is 10.8 Å². The molecule has 1 aliphatic heterocycles. The first-order chi connectivity index (χ1) is 10.5. The van der Waals surface area contributed by atoms with E-state index in [1.54, 1.807) is 0 Å². The van der Waals surface area contributed by atoms with Gasteiger partial charge in [-0.1, -0.05) is 24.3 Å². The predicted octanol–water partition coefficient (Wildman–Crippen LogP) is 2.48. The molecule has 22 heavy (non-hydrogen) atoms. The zero-order valence-corrected chi connectivity index (χ0v) is 12.1. The first-order valence-electron chi connectivity index (χ1n) is 7.31. The lowest BCUT2D eigenvalue weighted by Gasteiger charge is -2.36. The number of carboxylic acids is 1. The zero-order valence-electron chi connectivity index (χ0n) is 12.1. The van der Waals surface area contributed by atoms with Gasteiger partial charge in [0.2, 0.25) is 0 Å². The van der Waals surface area contributed by atoms with Gasteiger partial charge in [0.05, 0.1) is 12.0 Å². The van der Waals surface area contributed by atoms with Crippen molar-refractivity contribution in [3.05, 3.63) is 36.7 Å². The van der Waals surface area contributed by atoms with E-state index in [9.17, 15) is 19.8 Å². The zero-order chi connectivity index (χ0) is 15.7. The molecule has 2 unspecified atom stereocenters. The molecular weight excluding hydrogens is 284 g/mol. The number of carbonyl (C=O) groups is 2. The fraction of sp³-hybridized carbons (Fsp3) is 0.375. The Bertz CT molecular complexity index is 676. The average molecular weight is 302 g/mol. The Hall–Kier alpha value is -2.50. The minimum atomic E-state index is -0.981. The van der Waals surface area contributed by atoms with Gasteiger partial charge in [0, 0.05) is 25.5 Å². The van der Waals surface area contributed by atoms with Crippen molar-refractivity contribution >= 4 is 22.8 Å². The van der Waals surface area contributed by atoms with Crippen molar-refractivity contribution in [1.29, 1.82) is 0 Å². The average Bonchev–Trinajstić information content (AvgIpc) is 2.89. The molecule has 1 aromatic heterocycles. The van der Waals surface area contributed by atoms with E-state index in [2.05, 4.69) is 0 Å². The second-order valence-electron chi connectivity index (χ2n) is 5.77. The van der Waals surface area contributed by atoms with Crippen molar-refractivity contribution < 1.29 is 19.8 Å². The molecule has 0 saturated carbocycles. The third kappa shape index (κ3) is 2.77. The van der Waals surface area contributed by atoms with Crippen LogP contribution >= 0.6 is 0 Å². The van der Waals surface area contributed by atoms with Crippen molar-refractivity contribution in [2.45, 2.75) is 25.4 Å². The Kier molecular flexibility index (Phi) is 3.75. The molecule has 2 heterocycles. The van der Waals surface area contributed by atoms with Crippen LogP contribution in [-0.2, 0) is 11.3 Å². The summed E-state index contributed by atoms with van der Waals surface area (Å²) < 4.78 is 1.95. The van der Waals surface area contributed by atoms with E-state index in [4.69, 9.17) is 0 Å². The van der Waals surface area contributed by atoms with Gasteiger partial charge in [-0.2, -0.15) is 0 Å². The van der Waals surface area contributed by atoms with E-state index in [-0.39, 0.29) is 12.6 Å². The first kappa shape index (κ1) is 14.4. The molecule has 2 aromatic rings. The van der Waals surface area contributed by atoms with E-state index >= 15 is 0 Å². The van der Waals surface area contributed by atoms with Gasteiger partial charge in [-0.15, -0.1) is 0 Å². The van der Waals surface area contributed by atoms with E-state index in [1.165, 1.54) is 4.90 Å². The van der Waals surface area contributed by atoms with Crippen molar-refractivity contribution in [2.24, 2.45) is 5.92 Å². The summed E-state index contributed by atoms with van der Waals surface area (Å²) in [4.78, 5) is 23.9. The molecule has 1 aliphatic rings. The molecule has 1 amide bonds. The van der Waals surface area contributed by atoms with Gasteiger partial charge < -0.3 is 19.7 Å². The number of amides is 1. The van der Waals surface area contributed by atoms with Crippen LogP contribution in [0.1, 0.15) is 12.8 Å². The molecule has 6 nitrogen and oxygen atoms in total. The van der Waals surface area contributed by atoms with Crippen molar-refractivity contribution in [3.8, 4) is 0 Å². The third-order valence-electron chi connectivity index (χ3n) is 4.34. The lowest BCUT2D eigenvalue weighted by Crippen LogP contribution is -2.48. The Balaban J connectivity index is 1.82. The number of carboxylic acid groups (broad SMARTS) is 2. The Morgan fingerprint density at radius 3 is 2.32 bits per heavy atom. The quantitative estimate of drug-likeness (QED) is 0.912. The fourth-order valence-corrected chi connectivity index (χ4v) is 3.19. The second-order valence-corrected chi connectivity index (χ2v) is 5.77. The smallest absolute Gasteiger partial charge is 0.407 e. The summed E-state index contributed by atoms with van der Waals surface area (Å²) in [7, 11) is 0. The van der Waals surface area contributed by atoms with E-state index in [0.29, 0.717) is 19.4 Å². The van der Waals surface area contributed by atoms with Gasteiger partial charge in [-0.05, 0) is 23.6 Å². The number of benzene rings is 1. The first-order valence-corrected chi connectivity index (χ1v) is 7.31. The highest BCUT2D eigenvalue weighted by Gasteiger charge is 2.34. The van der Waals surface area contributed by atoms with Crippen LogP contribution in [0.25, 0.3) is 10.8 Å². The number of nitrogens with zero attached hydrogens (tertiary/aromatic N) is 2. The van der Waals surface area contributed by atoms with Crippen LogP contribution in [0.5, 0.6) is 0 Å². The number of likely N-dealkylation sites (tertiary alicyclic amines) is 1. The molecule has 2 N–H and O–H groups in total. The van der Waals surface area contributed by atoms with Crippen molar-refractivity contribution in [3.63, 3.8) is 0 Å². The van der Waals surface area contributed by atoms with Crippen LogP contribution in [0.3, 0.4) is 0 Å². The minimum Gasteiger partial charge on any atom is -0.481 e. The summed E-state index contributed by atoms with van der Waals surface area (Å²) in [5.41, 5.74) is 0. The van der Waals surface area contributed by atoms with Crippen LogP contribution in [0.15, 0.2) is 36.7 Å². The van der Waals surface area contributed by atoms with E-state index in [1.807, 2.05) is 41.2 Å². The Morgan fingerprint density at radius 1 is 1.14 bits per heavy atom. The molecule has 0 bridgehead atoms. The molecule has 0 spiro atoms. The molecule has 3 rings (SSSR count). The Morgan fingerprint density at radius 2 is 1.77 bits per heavy atom. The number of aromatic nitrogens is 1. The SMILES string of the molecule is O=C(O)C1CCN(C(=O)O)C(Cn2cc3ccccc3c2)C1. The number of aliphatic carboxylic acids is 1. The minimum absolute atomic E-state index is 0.276. The molecule has 0 aliphatic carbocycles. The number of hydrogen-bond acceptors (Lipinski definition) is 2. The Labute approximate surface area is 127 Å². The number of hydrogen-bond donors (Lipinski definition) is 2. The maximum atomic E-state index is 11.4. The second kappa shape index (κ2) is 5.71. The molecular formula is C16H18N2O4. The van der Waals surface area contributed by atoms with Crippen molar-refractivity contribution in [1.82, 2.24) is 9.47 Å². The summed E-state index contributed by atoms with van der Waals surface area (Å²) in [5.74, 6) is -1.31. The topological polar surface area (TPSA) is 82.8 Å². The standard InChI is InChI=1S/C16H18N2O4/c19-15(20)11-5-6-18(16(21)22)14(7-11)10-17-8-12-3-1-2-4-13(12)9-17/h1-4,8-9,11,14H,5-7,10H2,(H,19,20)(H,21,22). The van der Waals surface area contributed by atoms with Gasteiger partial charge in [-0.3, -0.25) is 4.79 Å². The lowest BCUT2D eigenvalue weighted by molar-refractivity contribution is -0.144. The van der Waals surface area contributed by atoms with Crippen LogP contribution in [0.2, 0.25) is 0 Å². The van der Waals surface area contributed by atoms with Crippen LogP contribution < -0.4 is 0 Å². The summed E-state index contributed by atoms with van der Waals surface area (Å²) in [6, 6.07) is 7.60. The third-order valence-corrected chi connectivity index (χ3v) is 4.34. The highest BCUT2D eigenvalue weighted by atomic mass is 16.4. The fourth-order valence-electron chi connectivity index (χ4n) is 3.19. The van der Waals surface area contributed by atoms with Gasteiger partial charge in [0.1, 0.15) is 0 Å². The summed E-state index contributed by atoms with van der Waals surface area (Å²) >= 11 is 0. The molecule has 2 atom stereocenters. The molecule has 1 aromatic carbocycles. The van der Waals surface area contributed by atoms with Gasteiger partial charge in [0.25, 0.3) is 0 Å². The highest BCUT2D eigenvalue weighted by molar-refractivity contribution is 5.82. The van der Waals surface area contributed by atoms with Crippen LogP contribution in [0, 0.1) is 5.92 Å². The summed E-state index contributed by atoms with van der Waals surface area (Å²) in [6.07, 6.45) is 3.70. The molecule has 1 saturated heterocycles. The normalized spacial score (nSPS) is 21.9. The molecule has 1 fully saturated rings. The van der Waals surface area contributed by atoms with E-state index < -0.39 is 18.0 Å². The maximum absolute atomic E-state index is 11.4. The number of fused-ring (bicyclic) bond motifs is 1. The summed E-state index contributed by atoms with van der Waals surface area (Å²) in [5, 5.41) is 20.7. The van der Waals surface area contributed by atoms with Gasteiger partial charge in [-0.25, -0.2) is 4.79 Å². The molecule has 6 heteroatoms. The van der Waals surface area contributed by atoms with Crippen LogP contribution in [-0.4, -0.2) is 44.3 Å². The van der Waals surface area contributed by atoms with Crippen LogP contribution in [0.4, 0.5) is 4.79 Å². The maximum Gasteiger partial charge on any atom is 0.407 e. The number of piperidine rings is 1. The monoisotopic (exact) mass is 302 g/mol. The summed E-state index contributed by atoms with van der Waals surface area (Å²) in [6.45, 7) is 0.752. The largest absolute Gasteiger partial charge is 0.481 e. The highest BCUT2D eigenvalue weighted by Crippen LogP contribution is 2.25. The molecule has 116 valence electrons. The molecule has 0 radical (unpaired) electrons. The van der Waals surface area contributed by atoms with Crippen molar-refractivity contribution in [2.75, 3.05) is 6.54 Å². The lowest BCUT2D eigenvalue weighted by atomic mass is 9.91.